The van der Waals surface area contributed by atoms with E-state index in [-0.39, 0.29) is 41.5 Å². The van der Waals surface area contributed by atoms with E-state index in [1.54, 1.807) is 31.2 Å². The van der Waals surface area contributed by atoms with Gasteiger partial charge in [0.05, 0.1) is 16.7 Å². The number of nitrogens with one attached hydrogen (secondary N) is 2. The lowest BCUT2D eigenvalue weighted by Crippen LogP contribution is -2.34. The summed E-state index contributed by atoms with van der Waals surface area (Å²) in [5.41, 5.74) is 2.41. The lowest BCUT2D eigenvalue weighted by Gasteiger charge is -2.15. The van der Waals surface area contributed by atoms with Crippen LogP contribution >= 0.6 is 0 Å². The maximum atomic E-state index is 12.8. The molecule has 2 aromatic carbocycles. The molecule has 0 spiro atoms. The Balaban J connectivity index is 1.42. The van der Waals surface area contributed by atoms with Gasteiger partial charge in [-0.2, -0.15) is 0 Å². The summed E-state index contributed by atoms with van der Waals surface area (Å²) in [6.45, 7) is 3.62. The van der Waals surface area contributed by atoms with Crippen LogP contribution in [0.25, 0.3) is 0 Å². The van der Waals surface area contributed by atoms with Gasteiger partial charge < -0.3 is 5.32 Å². The first-order chi connectivity index (χ1) is 16.2. The van der Waals surface area contributed by atoms with Crippen LogP contribution in [0.3, 0.4) is 0 Å². The largest absolute Gasteiger partial charge is 0.326 e. The van der Waals surface area contributed by atoms with Crippen molar-refractivity contribution in [2.24, 2.45) is 11.8 Å². The van der Waals surface area contributed by atoms with Gasteiger partial charge in [-0.1, -0.05) is 30.4 Å². The van der Waals surface area contributed by atoms with Crippen LogP contribution in [0.1, 0.15) is 30.4 Å². The first-order valence-corrected chi connectivity index (χ1v) is 12.6. The van der Waals surface area contributed by atoms with Gasteiger partial charge in [-0.15, -0.1) is 0 Å². The Kier molecular flexibility index (Phi) is 6.56. The van der Waals surface area contributed by atoms with E-state index in [1.165, 1.54) is 17.0 Å². The number of sulfonamides is 1. The number of likely N-dealkylation sites (tertiary alicyclic amines) is 1. The Labute approximate surface area is 199 Å². The number of hydrogen-bond acceptors (Lipinski definition) is 5. The third-order valence-electron chi connectivity index (χ3n) is 6.23. The predicted octanol–water partition coefficient (Wildman–Crippen LogP) is 3.38. The number of anilines is 2. The number of allylic oxidation sites excluding steroid dienone is 2. The molecule has 1 saturated heterocycles. The Bertz CT molecular complexity index is 1260. The molecule has 178 valence electrons. The predicted molar refractivity (Wildman–Crippen MR) is 128 cm³/mol. The zero-order valence-electron chi connectivity index (χ0n) is 19.1. The lowest BCUT2D eigenvalue weighted by molar-refractivity contribution is -0.140. The smallest absolute Gasteiger partial charge is 0.261 e. The van der Waals surface area contributed by atoms with Crippen LogP contribution in [0.15, 0.2) is 59.5 Å². The van der Waals surface area contributed by atoms with Crippen LogP contribution in [-0.2, 0) is 24.4 Å². The SMILES string of the molecule is Cc1cccc(NS(=O)(=O)c2ccc(C)c(NC(=O)CCN3C(=O)[C@H]4CC=CC[C@H]4C3=O)c2)c1. The third-order valence-corrected chi connectivity index (χ3v) is 7.60. The van der Waals surface area contributed by atoms with E-state index < -0.39 is 15.9 Å². The summed E-state index contributed by atoms with van der Waals surface area (Å²) in [6.07, 6.45) is 4.87. The van der Waals surface area contributed by atoms with Crippen molar-refractivity contribution in [2.75, 3.05) is 16.6 Å². The lowest BCUT2D eigenvalue weighted by atomic mass is 9.85. The van der Waals surface area contributed by atoms with Gasteiger partial charge in [-0.05, 0) is 62.1 Å². The molecule has 0 unspecified atom stereocenters. The van der Waals surface area contributed by atoms with E-state index in [2.05, 4.69) is 10.0 Å². The Morgan fingerprint density at radius 3 is 2.32 bits per heavy atom. The van der Waals surface area contributed by atoms with Crippen molar-refractivity contribution in [3.8, 4) is 0 Å². The van der Waals surface area contributed by atoms with Crippen molar-refractivity contribution in [1.82, 2.24) is 4.90 Å². The average Bonchev–Trinajstić information content (AvgIpc) is 3.03. The zero-order valence-corrected chi connectivity index (χ0v) is 19.9. The molecule has 34 heavy (non-hydrogen) atoms. The molecule has 0 radical (unpaired) electrons. The van der Waals surface area contributed by atoms with Crippen molar-refractivity contribution < 1.29 is 22.8 Å². The van der Waals surface area contributed by atoms with E-state index in [1.807, 2.05) is 25.1 Å². The molecule has 3 amide bonds. The van der Waals surface area contributed by atoms with Gasteiger partial charge >= 0.3 is 0 Å². The monoisotopic (exact) mass is 481 g/mol. The number of nitrogens with zero attached hydrogens (tertiary/aromatic N) is 1. The van der Waals surface area contributed by atoms with E-state index in [9.17, 15) is 22.8 Å². The number of rotatable bonds is 7. The summed E-state index contributed by atoms with van der Waals surface area (Å²) < 4.78 is 28.2. The van der Waals surface area contributed by atoms with Gasteiger partial charge in [0.1, 0.15) is 0 Å². The fourth-order valence-corrected chi connectivity index (χ4v) is 5.42. The van der Waals surface area contributed by atoms with Crippen molar-refractivity contribution in [3.63, 3.8) is 0 Å². The molecule has 0 saturated carbocycles. The molecule has 1 aliphatic heterocycles. The van der Waals surface area contributed by atoms with Gasteiger partial charge in [0, 0.05) is 24.3 Å². The van der Waals surface area contributed by atoms with Crippen LogP contribution in [0.2, 0.25) is 0 Å². The molecule has 1 heterocycles. The number of amides is 3. The summed E-state index contributed by atoms with van der Waals surface area (Å²) in [7, 11) is -3.86. The Morgan fingerprint density at radius 1 is 1.00 bits per heavy atom. The van der Waals surface area contributed by atoms with Crippen molar-refractivity contribution >= 4 is 39.1 Å². The fourth-order valence-electron chi connectivity index (χ4n) is 4.34. The Hall–Kier alpha value is -3.46. The van der Waals surface area contributed by atoms with Crippen LogP contribution < -0.4 is 10.0 Å². The highest BCUT2D eigenvalue weighted by Crippen LogP contribution is 2.35. The molecule has 0 aromatic heterocycles. The normalized spacial score (nSPS) is 19.8. The van der Waals surface area contributed by atoms with E-state index in [4.69, 9.17) is 0 Å². The maximum Gasteiger partial charge on any atom is 0.261 e. The highest BCUT2D eigenvalue weighted by molar-refractivity contribution is 7.92. The molecule has 8 nitrogen and oxygen atoms in total. The number of aryl methyl sites for hydroxylation is 2. The topological polar surface area (TPSA) is 113 Å². The summed E-state index contributed by atoms with van der Waals surface area (Å²) in [5.74, 6) is -1.51. The quantitative estimate of drug-likeness (QED) is 0.465. The van der Waals surface area contributed by atoms with Gasteiger partial charge in [-0.25, -0.2) is 8.42 Å². The first-order valence-electron chi connectivity index (χ1n) is 11.2. The molecule has 2 atom stereocenters. The number of carbonyl (C=O) groups is 3. The highest BCUT2D eigenvalue weighted by atomic mass is 32.2. The minimum absolute atomic E-state index is 0.00243. The summed E-state index contributed by atoms with van der Waals surface area (Å²) in [6, 6.07) is 11.5. The minimum Gasteiger partial charge on any atom is -0.326 e. The molecular weight excluding hydrogens is 454 g/mol. The van der Waals surface area contributed by atoms with Gasteiger partial charge in [0.25, 0.3) is 10.0 Å². The van der Waals surface area contributed by atoms with Gasteiger partial charge in [0.15, 0.2) is 0 Å². The first kappa shape index (κ1) is 23.7. The summed E-state index contributed by atoms with van der Waals surface area (Å²) >= 11 is 0. The standard InChI is InChI=1S/C25H27N3O5S/c1-16-6-5-7-18(14-16)27-34(32,33)19-11-10-17(2)22(15-19)26-23(29)12-13-28-24(30)20-8-3-4-9-21(20)25(28)31/h3-7,10-11,14-15,20-21,27H,8-9,12-13H2,1-2H3,(H,26,29)/t20-,21+. The molecule has 2 aromatic rings. The second kappa shape index (κ2) is 9.42. The molecule has 9 heteroatoms. The minimum atomic E-state index is -3.86. The Morgan fingerprint density at radius 2 is 1.68 bits per heavy atom. The molecule has 2 aliphatic rings. The van der Waals surface area contributed by atoms with Crippen LogP contribution in [0, 0.1) is 25.7 Å². The van der Waals surface area contributed by atoms with E-state index in [0.29, 0.717) is 29.8 Å². The highest BCUT2D eigenvalue weighted by Gasteiger charge is 2.46. The summed E-state index contributed by atoms with van der Waals surface area (Å²) in [5, 5.41) is 2.72. The van der Waals surface area contributed by atoms with Crippen LogP contribution in [-0.4, -0.2) is 37.6 Å². The van der Waals surface area contributed by atoms with E-state index in [0.717, 1.165) is 5.56 Å². The molecule has 1 fully saturated rings. The average molecular weight is 482 g/mol. The number of benzene rings is 2. The van der Waals surface area contributed by atoms with Crippen molar-refractivity contribution in [1.29, 1.82) is 0 Å². The second-order valence-electron chi connectivity index (χ2n) is 8.73. The maximum absolute atomic E-state index is 12.8. The number of imide groups is 1. The molecule has 4 rings (SSSR count). The number of hydrogen-bond donors (Lipinski definition) is 2. The van der Waals surface area contributed by atoms with Crippen LogP contribution in [0.5, 0.6) is 0 Å². The molecule has 0 bridgehead atoms. The van der Waals surface area contributed by atoms with Crippen molar-refractivity contribution in [3.05, 3.63) is 65.7 Å². The molecular formula is C25H27N3O5S. The number of fused-ring (bicyclic) bond motifs is 1. The van der Waals surface area contributed by atoms with Crippen LogP contribution in [0.4, 0.5) is 11.4 Å². The number of carbonyl (C=O) groups excluding carboxylic acids is 3. The fraction of sp³-hybridized carbons (Fsp3) is 0.320. The van der Waals surface area contributed by atoms with Gasteiger partial charge in [-0.3, -0.25) is 24.0 Å². The molecule has 1 aliphatic carbocycles. The second-order valence-corrected chi connectivity index (χ2v) is 10.4. The molecule has 2 N–H and O–H groups in total. The third kappa shape index (κ3) is 4.89. The summed E-state index contributed by atoms with van der Waals surface area (Å²) in [4.78, 5) is 38.9. The zero-order chi connectivity index (χ0) is 24.5. The van der Waals surface area contributed by atoms with Crippen molar-refractivity contribution in [2.45, 2.75) is 38.0 Å². The van der Waals surface area contributed by atoms with Gasteiger partial charge in [0.2, 0.25) is 17.7 Å². The van der Waals surface area contributed by atoms with E-state index >= 15 is 0 Å².